The van der Waals surface area contributed by atoms with E-state index in [1.165, 1.54) is 4.90 Å². The third-order valence-corrected chi connectivity index (χ3v) is 4.87. The third-order valence-electron chi connectivity index (χ3n) is 4.87. The van der Waals surface area contributed by atoms with Gasteiger partial charge in [0.15, 0.2) is 6.61 Å². The fourth-order valence-electron chi connectivity index (χ4n) is 3.31. The van der Waals surface area contributed by atoms with Crippen molar-refractivity contribution in [1.29, 1.82) is 0 Å². The minimum atomic E-state index is -0.152. The molecule has 140 valence electrons. The predicted octanol–water partition coefficient (Wildman–Crippen LogP) is 1.57. The van der Waals surface area contributed by atoms with Gasteiger partial charge in [0.1, 0.15) is 18.1 Å². The summed E-state index contributed by atoms with van der Waals surface area (Å²) in [4.78, 5) is 28.1. The molecule has 2 aromatic carbocycles. The summed E-state index contributed by atoms with van der Waals surface area (Å²) in [5, 5.41) is 9.36. The maximum Gasteiger partial charge on any atom is 0.264 e. The molecule has 0 radical (unpaired) electrons. The van der Waals surface area contributed by atoms with Gasteiger partial charge < -0.3 is 24.4 Å². The summed E-state index contributed by atoms with van der Waals surface area (Å²) in [7, 11) is 1.67. The molecule has 0 fully saturated rings. The van der Waals surface area contributed by atoms with E-state index in [0.29, 0.717) is 36.7 Å². The molecule has 0 saturated heterocycles. The lowest BCUT2D eigenvalue weighted by atomic mass is 10.1. The largest absolute Gasteiger partial charge is 0.491 e. The van der Waals surface area contributed by atoms with Crippen molar-refractivity contribution in [3.63, 3.8) is 0 Å². The summed E-state index contributed by atoms with van der Waals surface area (Å²) < 4.78 is 11.2. The van der Waals surface area contributed by atoms with E-state index in [4.69, 9.17) is 9.47 Å². The van der Waals surface area contributed by atoms with Crippen LogP contribution in [0.25, 0.3) is 0 Å². The second kappa shape index (κ2) is 6.92. The Bertz CT molecular complexity index is 911. The molecule has 0 unspecified atom stereocenters. The normalized spacial score (nSPS) is 16.0. The quantitative estimate of drug-likeness (QED) is 0.871. The Labute approximate surface area is 156 Å². The minimum Gasteiger partial charge on any atom is -0.491 e. The molecule has 2 heterocycles. The lowest BCUT2D eigenvalue weighted by Gasteiger charge is -2.27. The number of likely N-dealkylation sites (N-methyl/N-ethyl adjacent to an activating group) is 1. The monoisotopic (exact) mass is 368 g/mol. The van der Waals surface area contributed by atoms with Crippen molar-refractivity contribution < 1.29 is 24.2 Å². The van der Waals surface area contributed by atoms with E-state index in [2.05, 4.69) is 0 Å². The third kappa shape index (κ3) is 3.21. The van der Waals surface area contributed by atoms with Crippen LogP contribution in [0.1, 0.15) is 21.5 Å². The summed E-state index contributed by atoms with van der Waals surface area (Å²) in [6, 6.07) is 10.6. The van der Waals surface area contributed by atoms with Crippen LogP contribution in [0.2, 0.25) is 0 Å². The summed E-state index contributed by atoms with van der Waals surface area (Å²) >= 11 is 0. The van der Waals surface area contributed by atoms with Crippen LogP contribution in [0.4, 0.5) is 5.69 Å². The van der Waals surface area contributed by atoms with Gasteiger partial charge in [-0.25, -0.2) is 0 Å². The molecule has 0 spiro atoms. The number of aliphatic hydroxyl groups excluding tert-OH is 1. The highest BCUT2D eigenvalue weighted by molar-refractivity contribution is 6.01. The first-order valence-corrected chi connectivity index (χ1v) is 8.75. The van der Waals surface area contributed by atoms with Crippen LogP contribution >= 0.6 is 0 Å². The number of amides is 2. The van der Waals surface area contributed by atoms with Crippen molar-refractivity contribution in [2.45, 2.75) is 13.2 Å². The smallest absolute Gasteiger partial charge is 0.264 e. The predicted molar refractivity (Wildman–Crippen MR) is 97.9 cm³/mol. The number of fused-ring (bicyclic) bond motifs is 2. The van der Waals surface area contributed by atoms with E-state index < -0.39 is 0 Å². The van der Waals surface area contributed by atoms with Crippen LogP contribution in [0.15, 0.2) is 36.4 Å². The minimum absolute atomic E-state index is 0.00420. The number of hydrogen-bond donors (Lipinski definition) is 1. The molecule has 7 nitrogen and oxygen atoms in total. The first-order valence-electron chi connectivity index (χ1n) is 8.75. The van der Waals surface area contributed by atoms with Gasteiger partial charge in [-0.2, -0.15) is 0 Å². The molecule has 2 aliphatic rings. The van der Waals surface area contributed by atoms with Crippen LogP contribution in [0, 0.1) is 0 Å². The summed E-state index contributed by atoms with van der Waals surface area (Å²) in [6.07, 6.45) is 0. The Morgan fingerprint density at radius 2 is 1.96 bits per heavy atom. The highest BCUT2D eigenvalue weighted by atomic mass is 16.5. The Hall–Kier alpha value is -3.06. The van der Waals surface area contributed by atoms with Gasteiger partial charge in [-0.1, -0.05) is 6.07 Å². The second-order valence-electron chi connectivity index (χ2n) is 6.60. The molecule has 7 heteroatoms. The van der Waals surface area contributed by atoms with Gasteiger partial charge in [0.25, 0.3) is 11.8 Å². The average Bonchev–Trinajstić information content (AvgIpc) is 2.91. The zero-order valence-electron chi connectivity index (χ0n) is 15.0. The maximum absolute atomic E-state index is 13.1. The highest BCUT2D eigenvalue weighted by Gasteiger charge is 2.26. The lowest BCUT2D eigenvalue weighted by Crippen LogP contribution is -2.36. The number of benzene rings is 2. The molecular weight excluding hydrogens is 348 g/mol. The molecule has 2 amide bonds. The summed E-state index contributed by atoms with van der Waals surface area (Å²) in [5.41, 5.74) is 2.71. The van der Waals surface area contributed by atoms with E-state index in [0.717, 1.165) is 16.9 Å². The van der Waals surface area contributed by atoms with Gasteiger partial charge >= 0.3 is 0 Å². The zero-order chi connectivity index (χ0) is 19.0. The van der Waals surface area contributed by atoms with Crippen LogP contribution in [0.5, 0.6) is 11.5 Å². The molecule has 1 N–H and O–H groups in total. The van der Waals surface area contributed by atoms with Crippen LogP contribution in [-0.4, -0.2) is 48.6 Å². The molecule has 0 atom stereocenters. The Balaban J connectivity index is 1.62. The Morgan fingerprint density at radius 1 is 1.15 bits per heavy atom. The highest BCUT2D eigenvalue weighted by Crippen LogP contribution is 2.33. The number of carbonyl (C=O) groups is 2. The fourth-order valence-corrected chi connectivity index (χ4v) is 3.31. The topological polar surface area (TPSA) is 79.3 Å². The number of hydrogen-bond acceptors (Lipinski definition) is 5. The van der Waals surface area contributed by atoms with Crippen LogP contribution < -0.4 is 14.4 Å². The number of carbonyl (C=O) groups excluding carboxylic acids is 2. The number of ether oxygens (including phenoxy) is 2. The lowest BCUT2D eigenvalue weighted by molar-refractivity contribution is -0.120. The SMILES string of the molecule is CN1C(=O)COc2ccc(C(=O)N3CCOc4ccc(CO)cc4C3)cc21. The van der Waals surface area contributed by atoms with E-state index >= 15 is 0 Å². The number of nitrogens with zero attached hydrogens (tertiary/aromatic N) is 2. The van der Waals surface area contributed by atoms with E-state index in [1.54, 1.807) is 30.1 Å². The summed E-state index contributed by atoms with van der Waals surface area (Å²) in [6.45, 7) is 1.18. The molecule has 0 aromatic heterocycles. The van der Waals surface area contributed by atoms with Crippen LogP contribution in [-0.2, 0) is 17.9 Å². The summed E-state index contributed by atoms with van der Waals surface area (Å²) in [5.74, 6) is 1.02. The molecule has 27 heavy (non-hydrogen) atoms. The van der Waals surface area contributed by atoms with Crippen molar-refractivity contribution in [2.75, 3.05) is 31.7 Å². The van der Waals surface area contributed by atoms with Crippen LogP contribution in [0.3, 0.4) is 0 Å². The molecule has 4 rings (SSSR count). The Kier molecular flexibility index (Phi) is 4.45. The van der Waals surface area contributed by atoms with Gasteiger partial charge in [0.2, 0.25) is 0 Å². The average molecular weight is 368 g/mol. The maximum atomic E-state index is 13.1. The van der Waals surface area contributed by atoms with Gasteiger partial charge in [-0.05, 0) is 35.9 Å². The molecule has 2 aliphatic heterocycles. The first kappa shape index (κ1) is 17.4. The molecular formula is C20H20N2O5. The molecule has 0 saturated carbocycles. The van der Waals surface area contributed by atoms with Gasteiger partial charge in [-0.3, -0.25) is 9.59 Å². The number of rotatable bonds is 2. The van der Waals surface area contributed by atoms with E-state index in [1.807, 2.05) is 18.2 Å². The van der Waals surface area contributed by atoms with E-state index in [9.17, 15) is 14.7 Å². The van der Waals surface area contributed by atoms with Crippen molar-refractivity contribution in [3.05, 3.63) is 53.1 Å². The van der Waals surface area contributed by atoms with Crippen molar-refractivity contribution in [2.24, 2.45) is 0 Å². The van der Waals surface area contributed by atoms with Crippen molar-refractivity contribution >= 4 is 17.5 Å². The van der Waals surface area contributed by atoms with Crippen molar-refractivity contribution in [1.82, 2.24) is 4.90 Å². The zero-order valence-corrected chi connectivity index (χ0v) is 15.0. The second-order valence-corrected chi connectivity index (χ2v) is 6.60. The first-order chi connectivity index (χ1) is 13.1. The van der Waals surface area contributed by atoms with E-state index in [-0.39, 0.29) is 25.0 Å². The Morgan fingerprint density at radius 3 is 2.78 bits per heavy atom. The van der Waals surface area contributed by atoms with Gasteiger partial charge in [0.05, 0.1) is 18.8 Å². The van der Waals surface area contributed by atoms with Gasteiger partial charge in [0, 0.05) is 24.7 Å². The van der Waals surface area contributed by atoms with Crippen molar-refractivity contribution in [3.8, 4) is 11.5 Å². The standard InChI is InChI=1S/C20H20N2O5/c1-21-16-9-14(3-5-18(16)27-12-19(21)24)20(25)22-6-7-26-17-4-2-13(11-23)8-15(17)10-22/h2-5,8-9,23H,6-7,10-12H2,1H3. The number of aliphatic hydroxyl groups is 1. The fraction of sp³-hybridized carbons (Fsp3) is 0.300. The molecule has 0 bridgehead atoms. The molecule has 0 aliphatic carbocycles. The van der Waals surface area contributed by atoms with Gasteiger partial charge in [-0.15, -0.1) is 0 Å². The number of anilines is 1. The molecule has 2 aromatic rings.